The van der Waals surface area contributed by atoms with Gasteiger partial charge in [0.25, 0.3) is 5.91 Å². The van der Waals surface area contributed by atoms with Crippen LogP contribution in [0.3, 0.4) is 0 Å². The summed E-state index contributed by atoms with van der Waals surface area (Å²) in [5, 5.41) is 8.58. The lowest BCUT2D eigenvalue weighted by molar-refractivity contribution is -0.119. The van der Waals surface area contributed by atoms with Gasteiger partial charge in [-0.25, -0.2) is 0 Å². The second-order valence-corrected chi connectivity index (χ2v) is 5.96. The van der Waals surface area contributed by atoms with Crippen molar-refractivity contribution >= 4 is 11.8 Å². The summed E-state index contributed by atoms with van der Waals surface area (Å²) in [4.78, 5) is 23.0. The third-order valence-corrected chi connectivity index (χ3v) is 4.18. The molecule has 2 amide bonds. The van der Waals surface area contributed by atoms with Crippen LogP contribution < -0.4 is 15.4 Å². The highest BCUT2D eigenvalue weighted by atomic mass is 16.5. The number of rotatable bonds is 6. The third-order valence-electron chi connectivity index (χ3n) is 4.18. The average molecular weight is 343 g/mol. The normalized spacial score (nSPS) is 13.0. The van der Waals surface area contributed by atoms with E-state index in [4.69, 9.17) is 9.26 Å². The van der Waals surface area contributed by atoms with E-state index < -0.39 is 5.91 Å². The van der Waals surface area contributed by atoms with Gasteiger partial charge < -0.3 is 19.9 Å². The smallest absolute Gasteiger partial charge is 0.273 e. The van der Waals surface area contributed by atoms with Gasteiger partial charge >= 0.3 is 0 Å². The number of carbonyl (C=O) groups is 2. The highest BCUT2D eigenvalue weighted by molar-refractivity contribution is 5.94. The van der Waals surface area contributed by atoms with Crippen molar-refractivity contribution < 1.29 is 18.8 Å². The highest BCUT2D eigenvalue weighted by Crippen LogP contribution is 2.25. The van der Waals surface area contributed by atoms with Gasteiger partial charge in [-0.15, -0.1) is 0 Å². The van der Waals surface area contributed by atoms with Crippen molar-refractivity contribution in [3.05, 3.63) is 46.8 Å². The van der Waals surface area contributed by atoms with Crippen LogP contribution in [0.5, 0.6) is 5.75 Å². The van der Waals surface area contributed by atoms with Crippen molar-refractivity contribution in [1.82, 2.24) is 15.8 Å². The molecule has 0 unspecified atom stereocenters. The largest absolute Gasteiger partial charge is 0.486 e. The molecule has 1 aliphatic carbocycles. The van der Waals surface area contributed by atoms with Crippen molar-refractivity contribution in [1.29, 1.82) is 0 Å². The van der Waals surface area contributed by atoms with Crippen LogP contribution in [0.15, 0.2) is 28.8 Å². The maximum Gasteiger partial charge on any atom is 0.273 e. The Labute approximate surface area is 145 Å². The maximum atomic E-state index is 11.9. The molecule has 1 heterocycles. The summed E-state index contributed by atoms with van der Waals surface area (Å²) in [5.41, 5.74) is 2.86. The van der Waals surface area contributed by atoms with Crippen LogP contribution in [0.1, 0.15) is 40.2 Å². The molecule has 0 atom stereocenters. The molecule has 7 heteroatoms. The van der Waals surface area contributed by atoms with Crippen molar-refractivity contribution in [3.8, 4) is 5.75 Å². The molecule has 3 rings (SSSR count). The molecule has 0 fully saturated rings. The molecule has 0 saturated heterocycles. The van der Waals surface area contributed by atoms with Gasteiger partial charge in [0.1, 0.15) is 12.4 Å². The van der Waals surface area contributed by atoms with Gasteiger partial charge in [0.15, 0.2) is 11.5 Å². The van der Waals surface area contributed by atoms with Gasteiger partial charge in [-0.05, 0) is 48.9 Å². The first kappa shape index (κ1) is 17.0. The number of aromatic nitrogens is 1. The molecule has 1 aliphatic rings. The van der Waals surface area contributed by atoms with Crippen LogP contribution in [-0.4, -0.2) is 30.6 Å². The zero-order valence-electron chi connectivity index (χ0n) is 14.1. The predicted molar refractivity (Wildman–Crippen MR) is 90.3 cm³/mol. The quantitative estimate of drug-likeness (QED) is 0.831. The fourth-order valence-electron chi connectivity index (χ4n) is 2.78. The van der Waals surface area contributed by atoms with E-state index >= 15 is 0 Å². The summed E-state index contributed by atoms with van der Waals surface area (Å²) >= 11 is 0. The summed E-state index contributed by atoms with van der Waals surface area (Å²) in [6.45, 7) is 0.0810. The van der Waals surface area contributed by atoms with E-state index in [1.807, 2.05) is 6.07 Å². The topological polar surface area (TPSA) is 93.5 Å². The molecule has 25 heavy (non-hydrogen) atoms. The highest BCUT2D eigenvalue weighted by Gasteiger charge is 2.14. The fraction of sp³-hybridized carbons (Fsp3) is 0.389. The summed E-state index contributed by atoms with van der Waals surface area (Å²) in [7, 11) is 1.50. The van der Waals surface area contributed by atoms with Gasteiger partial charge in [-0.3, -0.25) is 9.59 Å². The van der Waals surface area contributed by atoms with Gasteiger partial charge in [0.2, 0.25) is 5.91 Å². The Morgan fingerprint density at radius 2 is 2.00 bits per heavy atom. The van der Waals surface area contributed by atoms with Crippen molar-refractivity contribution in [3.63, 3.8) is 0 Å². The van der Waals surface area contributed by atoms with Crippen molar-refractivity contribution in [2.75, 3.05) is 13.6 Å². The standard InChI is InChI=1S/C18H21N3O4/c1-19-17(22)10-20-18(23)16-9-15(25-21-16)11-24-14-7-6-12-4-2-3-5-13(12)8-14/h6-9H,2-5,10-11H2,1H3,(H,19,22)(H,20,23). The minimum atomic E-state index is -0.465. The molecular formula is C18H21N3O4. The second-order valence-electron chi connectivity index (χ2n) is 5.96. The summed E-state index contributed by atoms with van der Waals surface area (Å²) < 4.78 is 10.9. The third kappa shape index (κ3) is 4.37. The van der Waals surface area contributed by atoms with Crippen LogP contribution in [0, 0.1) is 0 Å². The second kappa shape index (κ2) is 7.83. The Hall–Kier alpha value is -2.83. The van der Waals surface area contributed by atoms with Crippen LogP contribution in [0.25, 0.3) is 0 Å². The molecule has 1 aromatic heterocycles. The number of hydrogen-bond donors (Lipinski definition) is 2. The van der Waals surface area contributed by atoms with E-state index in [0.29, 0.717) is 5.76 Å². The minimum Gasteiger partial charge on any atom is -0.486 e. The number of nitrogens with zero attached hydrogens (tertiary/aromatic N) is 1. The Balaban J connectivity index is 1.55. The molecule has 2 N–H and O–H groups in total. The molecule has 1 aromatic carbocycles. The van der Waals surface area contributed by atoms with E-state index in [0.717, 1.165) is 18.6 Å². The lowest BCUT2D eigenvalue weighted by Gasteiger charge is -2.16. The average Bonchev–Trinajstić information content (AvgIpc) is 3.13. The number of nitrogens with one attached hydrogen (secondary N) is 2. The zero-order valence-corrected chi connectivity index (χ0v) is 14.1. The molecule has 2 aromatic rings. The van der Waals surface area contributed by atoms with Gasteiger partial charge in [-0.1, -0.05) is 11.2 Å². The monoisotopic (exact) mass is 343 g/mol. The number of hydrogen-bond acceptors (Lipinski definition) is 5. The number of amides is 2. The molecular weight excluding hydrogens is 322 g/mol. The Bertz CT molecular complexity index is 769. The first-order chi connectivity index (χ1) is 12.2. The summed E-state index contributed by atoms with van der Waals surface area (Å²) in [5.74, 6) is 0.477. The Kier molecular flexibility index (Phi) is 5.33. The van der Waals surface area contributed by atoms with E-state index in [1.54, 1.807) is 0 Å². The van der Waals surface area contributed by atoms with Crippen LogP contribution in [0.2, 0.25) is 0 Å². The van der Waals surface area contributed by atoms with Gasteiger partial charge in [0, 0.05) is 13.1 Å². The molecule has 0 saturated carbocycles. The summed E-state index contributed by atoms with van der Waals surface area (Å²) in [6, 6.07) is 7.65. The lowest BCUT2D eigenvalue weighted by Crippen LogP contribution is -2.35. The first-order valence-electron chi connectivity index (χ1n) is 8.34. The summed E-state index contributed by atoms with van der Waals surface area (Å²) in [6.07, 6.45) is 4.68. The molecule has 0 bridgehead atoms. The first-order valence-corrected chi connectivity index (χ1v) is 8.34. The maximum absolute atomic E-state index is 11.9. The van der Waals surface area contributed by atoms with E-state index in [2.05, 4.69) is 27.9 Å². The molecule has 0 spiro atoms. The fourth-order valence-corrected chi connectivity index (χ4v) is 2.78. The number of carbonyl (C=O) groups excluding carboxylic acids is 2. The van der Waals surface area contributed by atoms with E-state index in [-0.39, 0.29) is 24.8 Å². The lowest BCUT2D eigenvalue weighted by atomic mass is 9.92. The van der Waals surface area contributed by atoms with Gasteiger partial charge in [-0.2, -0.15) is 0 Å². The zero-order chi connectivity index (χ0) is 17.6. The molecule has 0 aliphatic heterocycles. The van der Waals surface area contributed by atoms with E-state index in [1.165, 1.54) is 37.1 Å². The Morgan fingerprint density at radius 1 is 1.20 bits per heavy atom. The molecule has 0 radical (unpaired) electrons. The number of aryl methyl sites for hydroxylation is 2. The molecule has 132 valence electrons. The van der Waals surface area contributed by atoms with Crippen molar-refractivity contribution in [2.45, 2.75) is 32.3 Å². The minimum absolute atomic E-state index is 0.108. The predicted octanol–water partition coefficient (Wildman–Crippen LogP) is 1.61. The number of likely N-dealkylation sites (N-methyl/N-ethyl adjacent to an activating group) is 1. The Morgan fingerprint density at radius 3 is 2.80 bits per heavy atom. The van der Waals surface area contributed by atoms with Crippen molar-refractivity contribution in [2.24, 2.45) is 0 Å². The number of ether oxygens (including phenoxy) is 1. The van der Waals surface area contributed by atoms with Gasteiger partial charge in [0.05, 0.1) is 6.54 Å². The van der Waals surface area contributed by atoms with Crippen LogP contribution in [0.4, 0.5) is 0 Å². The van der Waals surface area contributed by atoms with Crippen LogP contribution >= 0.6 is 0 Å². The number of benzene rings is 1. The molecule has 7 nitrogen and oxygen atoms in total. The van der Waals surface area contributed by atoms with Crippen LogP contribution in [-0.2, 0) is 24.2 Å². The number of fused-ring (bicyclic) bond motifs is 1. The SMILES string of the molecule is CNC(=O)CNC(=O)c1cc(COc2ccc3c(c2)CCCC3)on1. The van der Waals surface area contributed by atoms with E-state index in [9.17, 15) is 9.59 Å².